The summed E-state index contributed by atoms with van der Waals surface area (Å²) in [4.78, 5) is 11.6. The Hall–Kier alpha value is -1.34. The van der Waals surface area contributed by atoms with Crippen LogP contribution in [0.25, 0.3) is 0 Å². The van der Waals surface area contributed by atoms with Gasteiger partial charge in [-0.25, -0.2) is 4.79 Å². The minimum absolute atomic E-state index is 0.204. The highest BCUT2D eigenvalue weighted by Gasteiger charge is 2.26. The second-order valence-corrected chi connectivity index (χ2v) is 5.09. The summed E-state index contributed by atoms with van der Waals surface area (Å²) >= 11 is 1.18. The first-order chi connectivity index (χ1) is 8.63. The van der Waals surface area contributed by atoms with Gasteiger partial charge in [0.15, 0.2) is 5.82 Å². The molecule has 2 atom stereocenters. The molecule has 1 saturated heterocycles. The van der Waals surface area contributed by atoms with Crippen molar-refractivity contribution in [2.24, 2.45) is 5.92 Å². The largest absolute Gasteiger partial charge is 0.465 e. The van der Waals surface area contributed by atoms with E-state index in [-0.39, 0.29) is 11.9 Å². The number of esters is 1. The number of carbonyl (C=O) groups is 1. The number of rotatable bonds is 4. The maximum absolute atomic E-state index is 11.6. The van der Waals surface area contributed by atoms with Crippen LogP contribution >= 0.6 is 11.5 Å². The fourth-order valence-electron chi connectivity index (χ4n) is 1.97. The molecule has 2 unspecified atom stereocenters. The Labute approximate surface area is 110 Å². The molecule has 18 heavy (non-hydrogen) atoms. The number of aromatic nitrogens is 1. The molecule has 0 aromatic carbocycles. The summed E-state index contributed by atoms with van der Waals surface area (Å²) in [5.74, 6) is 0.196. The van der Waals surface area contributed by atoms with Crippen LogP contribution < -0.4 is 11.1 Å². The van der Waals surface area contributed by atoms with Gasteiger partial charge in [0.1, 0.15) is 10.6 Å². The van der Waals surface area contributed by atoms with Gasteiger partial charge < -0.3 is 20.5 Å². The van der Waals surface area contributed by atoms with Crippen LogP contribution in [0.1, 0.15) is 23.7 Å². The van der Waals surface area contributed by atoms with E-state index in [1.807, 2.05) is 0 Å². The molecule has 7 heteroatoms. The van der Waals surface area contributed by atoms with Crippen LogP contribution in [0.15, 0.2) is 0 Å². The molecule has 0 spiro atoms. The van der Waals surface area contributed by atoms with Crippen molar-refractivity contribution in [2.75, 3.05) is 31.4 Å². The van der Waals surface area contributed by atoms with Crippen LogP contribution in [0.4, 0.5) is 10.8 Å². The molecular weight excluding hydrogens is 254 g/mol. The zero-order valence-electron chi connectivity index (χ0n) is 10.4. The second-order valence-electron chi connectivity index (χ2n) is 4.32. The van der Waals surface area contributed by atoms with Crippen molar-refractivity contribution in [1.82, 2.24) is 4.37 Å². The first-order valence-corrected chi connectivity index (χ1v) is 6.58. The quantitative estimate of drug-likeness (QED) is 0.804. The number of nitrogens with zero attached hydrogens (tertiary/aromatic N) is 1. The lowest BCUT2D eigenvalue weighted by Gasteiger charge is -2.19. The van der Waals surface area contributed by atoms with Crippen LogP contribution in [0.5, 0.6) is 0 Å². The zero-order chi connectivity index (χ0) is 13.1. The minimum Gasteiger partial charge on any atom is -0.465 e. The summed E-state index contributed by atoms with van der Waals surface area (Å²) < 4.78 is 14.0. The highest BCUT2D eigenvalue weighted by Crippen LogP contribution is 2.30. The Morgan fingerprint density at radius 3 is 3.11 bits per heavy atom. The van der Waals surface area contributed by atoms with Crippen molar-refractivity contribution < 1.29 is 14.3 Å². The molecule has 1 aliphatic rings. The number of ether oxygens (including phenoxy) is 2. The Bertz CT molecular complexity index is 429. The van der Waals surface area contributed by atoms with Crippen molar-refractivity contribution in [3.63, 3.8) is 0 Å². The van der Waals surface area contributed by atoms with Crippen molar-refractivity contribution in [2.45, 2.75) is 19.4 Å². The lowest BCUT2D eigenvalue weighted by Crippen LogP contribution is -2.26. The van der Waals surface area contributed by atoms with Gasteiger partial charge in [0.05, 0.1) is 13.7 Å². The SMILES string of the molecule is COC(=O)c1c(N)nsc1NC(C)C1CCOC1. The molecule has 2 heterocycles. The number of hydrogen-bond acceptors (Lipinski definition) is 7. The molecule has 0 bridgehead atoms. The van der Waals surface area contributed by atoms with Gasteiger partial charge in [-0.2, -0.15) is 4.37 Å². The van der Waals surface area contributed by atoms with Gasteiger partial charge in [0.2, 0.25) is 0 Å². The molecule has 3 N–H and O–H groups in total. The summed E-state index contributed by atoms with van der Waals surface area (Å²) in [7, 11) is 1.33. The van der Waals surface area contributed by atoms with Crippen molar-refractivity contribution in [3.05, 3.63) is 5.56 Å². The molecule has 100 valence electrons. The Morgan fingerprint density at radius 1 is 1.72 bits per heavy atom. The predicted molar refractivity (Wildman–Crippen MR) is 69.9 cm³/mol. The van der Waals surface area contributed by atoms with Crippen molar-refractivity contribution in [1.29, 1.82) is 0 Å². The number of carbonyl (C=O) groups excluding carboxylic acids is 1. The van der Waals surface area contributed by atoms with Crippen LogP contribution in [0, 0.1) is 5.92 Å². The van der Waals surface area contributed by atoms with Crippen molar-refractivity contribution >= 4 is 28.3 Å². The fraction of sp³-hybridized carbons (Fsp3) is 0.636. The van der Waals surface area contributed by atoms with E-state index < -0.39 is 5.97 Å². The molecule has 0 aliphatic carbocycles. The average Bonchev–Trinajstić information content (AvgIpc) is 2.98. The summed E-state index contributed by atoms with van der Waals surface area (Å²) in [5, 5.41) is 3.95. The topological polar surface area (TPSA) is 86.5 Å². The zero-order valence-corrected chi connectivity index (χ0v) is 11.3. The number of nitrogen functional groups attached to an aromatic ring is 1. The average molecular weight is 271 g/mol. The molecule has 0 radical (unpaired) electrons. The van der Waals surface area contributed by atoms with Crippen LogP contribution in [0.2, 0.25) is 0 Å². The number of hydrogen-bond donors (Lipinski definition) is 2. The maximum atomic E-state index is 11.6. The van der Waals surface area contributed by atoms with Crippen LogP contribution in [-0.4, -0.2) is 36.7 Å². The van der Waals surface area contributed by atoms with Gasteiger partial charge in [-0.15, -0.1) is 0 Å². The molecule has 2 rings (SSSR count). The van der Waals surface area contributed by atoms with Gasteiger partial charge in [0.25, 0.3) is 0 Å². The van der Waals surface area contributed by atoms with E-state index in [4.69, 9.17) is 15.2 Å². The molecule has 0 saturated carbocycles. The van der Waals surface area contributed by atoms with Crippen LogP contribution in [0.3, 0.4) is 0 Å². The van der Waals surface area contributed by atoms with Gasteiger partial charge in [-0.05, 0) is 24.9 Å². The lowest BCUT2D eigenvalue weighted by atomic mass is 10.0. The Kier molecular flexibility index (Phi) is 4.03. The van der Waals surface area contributed by atoms with Gasteiger partial charge in [-0.3, -0.25) is 0 Å². The minimum atomic E-state index is -0.460. The second kappa shape index (κ2) is 5.53. The standard InChI is InChI=1S/C11H17N3O3S/c1-6(7-3-4-17-5-7)13-10-8(11(15)16-2)9(12)14-18-10/h6-7,13H,3-5H2,1-2H3,(H2,12,14). The smallest absolute Gasteiger partial charge is 0.344 e. The lowest BCUT2D eigenvalue weighted by molar-refractivity contribution is 0.0603. The normalized spacial score (nSPS) is 20.7. The number of anilines is 2. The summed E-state index contributed by atoms with van der Waals surface area (Å²) in [6, 6.07) is 0.204. The van der Waals surface area contributed by atoms with E-state index in [1.165, 1.54) is 18.6 Å². The molecule has 0 amide bonds. The summed E-state index contributed by atoms with van der Waals surface area (Å²) in [5.41, 5.74) is 6.01. The Balaban J connectivity index is 2.11. The van der Waals surface area contributed by atoms with E-state index in [0.717, 1.165) is 19.6 Å². The third kappa shape index (κ3) is 2.56. The van der Waals surface area contributed by atoms with Crippen molar-refractivity contribution in [3.8, 4) is 0 Å². The highest BCUT2D eigenvalue weighted by atomic mass is 32.1. The molecule has 1 aliphatic heterocycles. The van der Waals surface area contributed by atoms with E-state index in [2.05, 4.69) is 16.6 Å². The van der Waals surface area contributed by atoms with Gasteiger partial charge >= 0.3 is 5.97 Å². The number of nitrogens with two attached hydrogens (primary N) is 1. The predicted octanol–water partition coefficient (Wildman–Crippen LogP) is 1.35. The maximum Gasteiger partial charge on any atom is 0.344 e. The third-order valence-electron chi connectivity index (χ3n) is 3.14. The van der Waals surface area contributed by atoms with E-state index in [1.54, 1.807) is 0 Å². The molecular formula is C11H17N3O3S. The highest BCUT2D eigenvalue weighted by molar-refractivity contribution is 7.11. The third-order valence-corrected chi connectivity index (χ3v) is 3.93. The fourth-order valence-corrected chi connectivity index (χ4v) is 2.77. The van der Waals surface area contributed by atoms with E-state index >= 15 is 0 Å². The monoisotopic (exact) mass is 271 g/mol. The van der Waals surface area contributed by atoms with E-state index in [0.29, 0.717) is 16.5 Å². The number of nitrogens with one attached hydrogen (secondary N) is 1. The number of methoxy groups -OCH3 is 1. The molecule has 1 aromatic heterocycles. The molecule has 1 aromatic rings. The Morgan fingerprint density at radius 2 is 2.50 bits per heavy atom. The summed E-state index contributed by atoms with van der Waals surface area (Å²) in [6.45, 7) is 3.61. The van der Waals surface area contributed by atoms with E-state index in [9.17, 15) is 4.79 Å². The molecule has 1 fully saturated rings. The summed E-state index contributed by atoms with van der Waals surface area (Å²) in [6.07, 6.45) is 1.02. The van der Waals surface area contributed by atoms with Gasteiger partial charge in [-0.1, -0.05) is 0 Å². The molecule has 6 nitrogen and oxygen atoms in total. The first-order valence-electron chi connectivity index (χ1n) is 5.81. The van der Waals surface area contributed by atoms with Gasteiger partial charge in [0, 0.05) is 18.6 Å². The first kappa shape index (κ1) is 13.1. The van der Waals surface area contributed by atoms with Crippen LogP contribution in [-0.2, 0) is 9.47 Å².